The number of carbonyl (C=O) groups is 4. The van der Waals surface area contributed by atoms with E-state index < -0.39 is 30.2 Å². The van der Waals surface area contributed by atoms with Crippen molar-refractivity contribution in [3.05, 3.63) is 95.6 Å². The Kier molecular flexibility index (Phi) is 5.09. The standard InChI is InChI=1S/C23H17N3O4/c27-20(14-26-22(29)16-10-4-5-11-17(16)23(26)30)25-19-13-7-6-12-18(19)21(28)24-15-8-2-1-3-9-15/h1-13H,14H2,(H,24,28)(H,25,27). The number of amides is 4. The molecule has 0 bridgehead atoms. The first-order valence-corrected chi connectivity index (χ1v) is 9.25. The number of hydrogen-bond donors (Lipinski definition) is 2. The van der Waals surface area contributed by atoms with Gasteiger partial charge in [-0.15, -0.1) is 0 Å². The van der Waals surface area contributed by atoms with Gasteiger partial charge in [0.1, 0.15) is 6.54 Å². The quantitative estimate of drug-likeness (QED) is 0.644. The van der Waals surface area contributed by atoms with E-state index in [2.05, 4.69) is 10.6 Å². The van der Waals surface area contributed by atoms with E-state index in [1.165, 1.54) is 0 Å². The molecule has 4 rings (SSSR count). The van der Waals surface area contributed by atoms with Crippen molar-refractivity contribution in [2.45, 2.75) is 0 Å². The van der Waals surface area contributed by atoms with Crippen molar-refractivity contribution >= 4 is 35.0 Å². The third kappa shape index (κ3) is 3.68. The van der Waals surface area contributed by atoms with Crippen LogP contribution in [0.3, 0.4) is 0 Å². The van der Waals surface area contributed by atoms with E-state index in [-0.39, 0.29) is 22.4 Å². The van der Waals surface area contributed by atoms with Gasteiger partial charge >= 0.3 is 0 Å². The lowest BCUT2D eigenvalue weighted by Gasteiger charge is -2.15. The molecule has 4 amide bonds. The highest BCUT2D eigenvalue weighted by Gasteiger charge is 2.36. The van der Waals surface area contributed by atoms with Crippen LogP contribution in [0.2, 0.25) is 0 Å². The summed E-state index contributed by atoms with van der Waals surface area (Å²) in [5.74, 6) is -2.00. The molecule has 0 radical (unpaired) electrons. The minimum Gasteiger partial charge on any atom is -0.324 e. The maximum Gasteiger partial charge on any atom is 0.262 e. The lowest BCUT2D eigenvalue weighted by Crippen LogP contribution is -2.37. The Hall–Kier alpha value is -4.26. The van der Waals surface area contributed by atoms with E-state index in [1.807, 2.05) is 6.07 Å². The molecule has 0 spiro atoms. The maximum atomic E-state index is 12.6. The van der Waals surface area contributed by atoms with E-state index >= 15 is 0 Å². The monoisotopic (exact) mass is 399 g/mol. The zero-order valence-corrected chi connectivity index (χ0v) is 15.8. The van der Waals surface area contributed by atoms with E-state index in [4.69, 9.17) is 0 Å². The van der Waals surface area contributed by atoms with Gasteiger partial charge in [0, 0.05) is 5.69 Å². The molecule has 1 heterocycles. The van der Waals surface area contributed by atoms with Gasteiger partial charge in [0.15, 0.2) is 0 Å². The fourth-order valence-electron chi connectivity index (χ4n) is 3.23. The first kappa shape index (κ1) is 19.1. The van der Waals surface area contributed by atoms with Gasteiger partial charge in [0.2, 0.25) is 5.91 Å². The minimum atomic E-state index is -0.579. The highest BCUT2D eigenvalue weighted by Crippen LogP contribution is 2.23. The van der Waals surface area contributed by atoms with Crippen molar-refractivity contribution in [3.63, 3.8) is 0 Å². The summed E-state index contributed by atoms with van der Waals surface area (Å²) in [6.45, 7) is -0.443. The number of para-hydroxylation sites is 2. The molecule has 1 aliphatic rings. The first-order valence-electron chi connectivity index (χ1n) is 9.25. The van der Waals surface area contributed by atoms with Crippen LogP contribution in [-0.2, 0) is 4.79 Å². The molecule has 0 aromatic heterocycles. The van der Waals surface area contributed by atoms with Gasteiger partial charge in [0.25, 0.3) is 17.7 Å². The summed E-state index contributed by atoms with van der Waals surface area (Å²) >= 11 is 0. The number of nitrogens with zero attached hydrogens (tertiary/aromatic N) is 1. The first-order chi connectivity index (χ1) is 14.5. The van der Waals surface area contributed by atoms with Crippen molar-refractivity contribution in [1.29, 1.82) is 0 Å². The highest BCUT2D eigenvalue weighted by molar-refractivity contribution is 6.22. The molecule has 0 fully saturated rings. The molecule has 3 aromatic rings. The normalized spacial score (nSPS) is 12.5. The second-order valence-corrected chi connectivity index (χ2v) is 6.66. The summed E-state index contributed by atoms with van der Waals surface area (Å²) < 4.78 is 0. The van der Waals surface area contributed by atoms with Gasteiger partial charge in [-0.3, -0.25) is 24.1 Å². The SMILES string of the molecule is O=C(CN1C(=O)c2ccccc2C1=O)Nc1ccccc1C(=O)Nc1ccccc1. The number of imide groups is 1. The topological polar surface area (TPSA) is 95.6 Å². The van der Waals surface area contributed by atoms with Crippen molar-refractivity contribution in [3.8, 4) is 0 Å². The Balaban J connectivity index is 1.48. The third-order valence-corrected chi connectivity index (χ3v) is 4.66. The molecule has 148 valence electrons. The molecule has 0 aliphatic carbocycles. The number of hydrogen-bond acceptors (Lipinski definition) is 4. The zero-order valence-electron chi connectivity index (χ0n) is 15.8. The summed E-state index contributed by atoms with van der Waals surface area (Å²) in [6, 6.07) is 21.9. The summed E-state index contributed by atoms with van der Waals surface area (Å²) in [6.07, 6.45) is 0. The predicted octanol–water partition coefficient (Wildman–Crippen LogP) is 3.17. The Morgan fingerprint density at radius 2 is 1.27 bits per heavy atom. The third-order valence-electron chi connectivity index (χ3n) is 4.66. The number of benzene rings is 3. The van der Waals surface area contributed by atoms with Crippen molar-refractivity contribution in [1.82, 2.24) is 4.90 Å². The lowest BCUT2D eigenvalue weighted by atomic mass is 10.1. The fourth-order valence-corrected chi connectivity index (χ4v) is 3.23. The second-order valence-electron chi connectivity index (χ2n) is 6.66. The average Bonchev–Trinajstić information content (AvgIpc) is 3.00. The molecule has 0 saturated carbocycles. The predicted molar refractivity (Wildman–Crippen MR) is 111 cm³/mol. The van der Waals surface area contributed by atoms with Crippen LogP contribution in [0.25, 0.3) is 0 Å². The van der Waals surface area contributed by atoms with Crippen LogP contribution in [0.4, 0.5) is 11.4 Å². The van der Waals surface area contributed by atoms with E-state index in [0.29, 0.717) is 5.69 Å². The Morgan fingerprint density at radius 1 is 0.700 bits per heavy atom. The molecular weight excluding hydrogens is 382 g/mol. The van der Waals surface area contributed by atoms with Gasteiger partial charge < -0.3 is 10.6 Å². The van der Waals surface area contributed by atoms with E-state index in [9.17, 15) is 19.2 Å². The largest absolute Gasteiger partial charge is 0.324 e. The summed E-state index contributed by atoms with van der Waals surface area (Å²) in [7, 11) is 0. The van der Waals surface area contributed by atoms with Gasteiger partial charge in [-0.1, -0.05) is 42.5 Å². The van der Waals surface area contributed by atoms with Crippen molar-refractivity contribution in [2.75, 3.05) is 17.2 Å². The minimum absolute atomic E-state index is 0.261. The molecule has 7 nitrogen and oxygen atoms in total. The molecule has 0 atom stereocenters. The smallest absolute Gasteiger partial charge is 0.262 e. The van der Waals surface area contributed by atoms with Crippen LogP contribution in [0.15, 0.2) is 78.9 Å². The molecule has 2 N–H and O–H groups in total. The number of fused-ring (bicyclic) bond motifs is 1. The molecule has 3 aromatic carbocycles. The fraction of sp³-hybridized carbons (Fsp3) is 0.0435. The van der Waals surface area contributed by atoms with E-state index in [0.717, 1.165) is 4.90 Å². The maximum absolute atomic E-state index is 12.6. The van der Waals surface area contributed by atoms with Gasteiger partial charge in [-0.2, -0.15) is 0 Å². The van der Waals surface area contributed by atoms with Crippen molar-refractivity contribution in [2.24, 2.45) is 0 Å². The average molecular weight is 399 g/mol. The van der Waals surface area contributed by atoms with Crippen LogP contribution in [0.1, 0.15) is 31.1 Å². The Morgan fingerprint density at radius 3 is 1.93 bits per heavy atom. The summed E-state index contributed by atoms with van der Waals surface area (Å²) in [5, 5.41) is 5.39. The van der Waals surface area contributed by atoms with Gasteiger partial charge in [0.05, 0.1) is 22.4 Å². The van der Waals surface area contributed by atoms with Crippen LogP contribution >= 0.6 is 0 Å². The summed E-state index contributed by atoms with van der Waals surface area (Å²) in [5.41, 5.74) is 1.72. The van der Waals surface area contributed by atoms with Crippen LogP contribution < -0.4 is 10.6 Å². The zero-order chi connectivity index (χ0) is 21.1. The molecule has 0 saturated heterocycles. The van der Waals surface area contributed by atoms with Gasteiger partial charge in [-0.25, -0.2) is 0 Å². The molecular formula is C23H17N3O4. The number of rotatable bonds is 5. The molecule has 7 heteroatoms. The lowest BCUT2D eigenvalue weighted by molar-refractivity contribution is -0.116. The molecule has 1 aliphatic heterocycles. The van der Waals surface area contributed by atoms with Gasteiger partial charge in [-0.05, 0) is 36.4 Å². The summed E-state index contributed by atoms with van der Waals surface area (Å²) in [4.78, 5) is 51.0. The Bertz CT molecular complexity index is 1120. The highest BCUT2D eigenvalue weighted by atomic mass is 16.2. The van der Waals surface area contributed by atoms with Crippen molar-refractivity contribution < 1.29 is 19.2 Å². The molecule has 0 unspecified atom stereocenters. The van der Waals surface area contributed by atoms with Crippen LogP contribution in [0, 0.1) is 0 Å². The van der Waals surface area contributed by atoms with E-state index in [1.54, 1.807) is 72.8 Å². The van der Waals surface area contributed by atoms with Crippen LogP contribution in [-0.4, -0.2) is 35.1 Å². The van der Waals surface area contributed by atoms with Crippen LogP contribution in [0.5, 0.6) is 0 Å². The number of carbonyl (C=O) groups excluding carboxylic acids is 4. The second kappa shape index (κ2) is 8.00. The number of nitrogens with one attached hydrogen (secondary N) is 2. The number of anilines is 2. The Labute approximate surface area is 172 Å². The molecule has 30 heavy (non-hydrogen) atoms.